The van der Waals surface area contributed by atoms with E-state index >= 15 is 0 Å². The predicted molar refractivity (Wildman–Crippen MR) is 104 cm³/mol. The molecule has 2 heterocycles. The zero-order valence-electron chi connectivity index (χ0n) is 15.1. The van der Waals surface area contributed by atoms with Gasteiger partial charge in [0, 0.05) is 30.1 Å². The van der Waals surface area contributed by atoms with Gasteiger partial charge in [-0.25, -0.2) is 4.79 Å². The SMILES string of the molecule is O=C(CN1C(=O)N[C@H](Cc2c[nH]c3ccccc23)C1=O)NCc1ccccc1. The summed E-state index contributed by atoms with van der Waals surface area (Å²) in [7, 11) is 0. The van der Waals surface area contributed by atoms with Gasteiger partial charge in [0.25, 0.3) is 5.91 Å². The molecule has 2 aromatic carbocycles. The van der Waals surface area contributed by atoms with Gasteiger partial charge in [0.15, 0.2) is 0 Å². The lowest BCUT2D eigenvalue weighted by atomic mass is 10.1. The highest BCUT2D eigenvalue weighted by molar-refractivity contribution is 6.06. The first-order valence-electron chi connectivity index (χ1n) is 9.09. The van der Waals surface area contributed by atoms with Crippen LogP contribution in [0.3, 0.4) is 0 Å². The van der Waals surface area contributed by atoms with Crippen molar-refractivity contribution >= 4 is 28.7 Å². The molecule has 0 unspecified atom stereocenters. The van der Waals surface area contributed by atoms with Crippen molar-refractivity contribution < 1.29 is 14.4 Å². The van der Waals surface area contributed by atoms with E-state index in [0.717, 1.165) is 26.9 Å². The number of rotatable bonds is 6. The highest BCUT2D eigenvalue weighted by Gasteiger charge is 2.39. The third kappa shape index (κ3) is 3.59. The van der Waals surface area contributed by atoms with E-state index in [-0.39, 0.29) is 18.4 Å². The summed E-state index contributed by atoms with van der Waals surface area (Å²) in [6.45, 7) is 0.0595. The number of carbonyl (C=O) groups excluding carboxylic acids is 3. The fraction of sp³-hybridized carbons (Fsp3) is 0.190. The van der Waals surface area contributed by atoms with Crippen LogP contribution < -0.4 is 10.6 Å². The molecule has 1 aliphatic rings. The van der Waals surface area contributed by atoms with Crippen LogP contribution in [0.15, 0.2) is 60.8 Å². The van der Waals surface area contributed by atoms with Crippen LogP contribution >= 0.6 is 0 Å². The van der Waals surface area contributed by atoms with Gasteiger partial charge in [0.2, 0.25) is 5.91 Å². The standard InChI is InChI=1S/C21H20N4O3/c26-19(23-11-14-6-2-1-3-7-14)13-25-20(27)18(24-21(25)28)10-15-12-22-17-9-5-4-8-16(15)17/h1-9,12,18,22H,10-11,13H2,(H,23,26)(H,24,28)/t18-/m1/s1. The molecule has 28 heavy (non-hydrogen) atoms. The molecule has 142 valence electrons. The van der Waals surface area contributed by atoms with Crippen LogP contribution in [0.2, 0.25) is 0 Å². The number of hydrogen-bond acceptors (Lipinski definition) is 3. The molecule has 3 aromatic rings. The second kappa shape index (κ2) is 7.56. The molecule has 0 radical (unpaired) electrons. The second-order valence-electron chi connectivity index (χ2n) is 6.75. The Balaban J connectivity index is 1.37. The van der Waals surface area contributed by atoms with E-state index in [2.05, 4.69) is 15.6 Å². The molecule has 4 rings (SSSR count). The normalized spacial score (nSPS) is 16.4. The Morgan fingerprint density at radius 1 is 1.04 bits per heavy atom. The van der Waals surface area contributed by atoms with E-state index in [1.165, 1.54) is 0 Å². The summed E-state index contributed by atoms with van der Waals surface area (Å²) in [4.78, 5) is 41.1. The molecule has 0 saturated carbocycles. The van der Waals surface area contributed by atoms with Crippen molar-refractivity contribution in [2.24, 2.45) is 0 Å². The molecule has 0 aliphatic carbocycles. The van der Waals surface area contributed by atoms with Crippen LogP contribution in [0.4, 0.5) is 4.79 Å². The van der Waals surface area contributed by atoms with Crippen molar-refractivity contribution in [3.05, 3.63) is 71.9 Å². The first-order chi connectivity index (χ1) is 13.6. The van der Waals surface area contributed by atoms with Crippen LogP contribution in [0, 0.1) is 0 Å². The molecule has 1 aromatic heterocycles. The molecule has 1 saturated heterocycles. The third-order valence-corrected chi connectivity index (χ3v) is 4.84. The van der Waals surface area contributed by atoms with Gasteiger partial charge in [-0.1, -0.05) is 48.5 Å². The van der Waals surface area contributed by atoms with Crippen molar-refractivity contribution in [1.29, 1.82) is 0 Å². The van der Waals surface area contributed by atoms with Crippen molar-refractivity contribution in [3.63, 3.8) is 0 Å². The van der Waals surface area contributed by atoms with E-state index < -0.39 is 12.1 Å². The number of hydrogen-bond donors (Lipinski definition) is 3. The number of aromatic nitrogens is 1. The largest absolute Gasteiger partial charge is 0.361 e. The Labute approximate surface area is 161 Å². The lowest BCUT2D eigenvalue weighted by molar-refractivity contribution is -0.132. The van der Waals surface area contributed by atoms with E-state index in [4.69, 9.17) is 0 Å². The fourth-order valence-corrected chi connectivity index (χ4v) is 3.38. The molecule has 4 amide bonds. The number of fused-ring (bicyclic) bond motifs is 1. The number of urea groups is 1. The molecule has 7 heteroatoms. The first-order valence-corrected chi connectivity index (χ1v) is 9.09. The predicted octanol–water partition coefficient (Wildman–Crippen LogP) is 1.95. The molecule has 0 bridgehead atoms. The van der Waals surface area contributed by atoms with Crippen molar-refractivity contribution in [3.8, 4) is 0 Å². The Hall–Kier alpha value is -3.61. The first kappa shape index (κ1) is 17.8. The average molecular weight is 376 g/mol. The number of H-pyrrole nitrogens is 1. The quantitative estimate of drug-likeness (QED) is 0.574. The molecular weight excluding hydrogens is 356 g/mol. The Bertz CT molecular complexity index is 1030. The van der Waals surface area contributed by atoms with E-state index in [9.17, 15) is 14.4 Å². The molecule has 1 aliphatic heterocycles. The van der Waals surface area contributed by atoms with Crippen molar-refractivity contribution in [1.82, 2.24) is 20.5 Å². The Morgan fingerprint density at radius 3 is 2.61 bits per heavy atom. The van der Waals surface area contributed by atoms with Crippen molar-refractivity contribution in [2.75, 3.05) is 6.54 Å². The summed E-state index contributed by atoms with van der Waals surface area (Å²) in [6, 6.07) is 16.0. The number of nitrogens with one attached hydrogen (secondary N) is 3. The summed E-state index contributed by atoms with van der Waals surface area (Å²) in [6.07, 6.45) is 2.22. The van der Waals surface area contributed by atoms with Gasteiger partial charge in [-0.15, -0.1) is 0 Å². The maximum atomic E-state index is 12.6. The maximum Gasteiger partial charge on any atom is 0.325 e. The monoisotopic (exact) mass is 376 g/mol. The molecule has 7 nitrogen and oxygen atoms in total. The highest BCUT2D eigenvalue weighted by atomic mass is 16.2. The van der Waals surface area contributed by atoms with E-state index in [1.807, 2.05) is 60.8 Å². The Morgan fingerprint density at radius 2 is 1.79 bits per heavy atom. The maximum absolute atomic E-state index is 12.6. The van der Waals surface area contributed by atoms with Gasteiger partial charge in [0.05, 0.1) is 0 Å². The Kier molecular flexibility index (Phi) is 4.80. The lowest BCUT2D eigenvalue weighted by Crippen LogP contribution is -2.41. The third-order valence-electron chi connectivity index (χ3n) is 4.84. The molecule has 3 N–H and O–H groups in total. The smallest absolute Gasteiger partial charge is 0.325 e. The number of amides is 4. The van der Waals surface area contributed by atoms with Crippen molar-refractivity contribution in [2.45, 2.75) is 19.0 Å². The van der Waals surface area contributed by atoms with Crippen LogP contribution in [0.5, 0.6) is 0 Å². The van der Waals surface area contributed by atoms with Gasteiger partial charge >= 0.3 is 6.03 Å². The summed E-state index contributed by atoms with van der Waals surface area (Å²) in [5.74, 6) is -0.759. The van der Waals surface area contributed by atoms with Gasteiger partial charge in [-0.05, 0) is 17.2 Å². The number of nitrogens with zero attached hydrogens (tertiary/aromatic N) is 1. The molecular formula is C21H20N4O3. The van der Waals surface area contributed by atoms with Gasteiger partial charge in [-0.2, -0.15) is 0 Å². The number of benzene rings is 2. The van der Waals surface area contributed by atoms with Gasteiger partial charge in [0.1, 0.15) is 12.6 Å². The lowest BCUT2D eigenvalue weighted by Gasteiger charge is -2.13. The average Bonchev–Trinajstić information content (AvgIpc) is 3.24. The van der Waals surface area contributed by atoms with Crippen LogP contribution in [-0.2, 0) is 22.6 Å². The minimum absolute atomic E-state index is 0.290. The minimum atomic E-state index is -0.673. The minimum Gasteiger partial charge on any atom is -0.361 e. The van der Waals surface area contributed by atoms with Crippen LogP contribution in [-0.4, -0.2) is 40.3 Å². The summed E-state index contributed by atoms with van der Waals surface area (Å²) < 4.78 is 0. The van der Waals surface area contributed by atoms with Gasteiger partial charge < -0.3 is 15.6 Å². The summed E-state index contributed by atoms with van der Waals surface area (Å²) in [5, 5.41) is 6.43. The zero-order valence-corrected chi connectivity index (χ0v) is 15.1. The highest BCUT2D eigenvalue weighted by Crippen LogP contribution is 2.21. The van der Waals surface area contributed by atoms with Crippen LogP contribution in [0.1, 0.15) is 11.1 Å². The zero-order chi connectivity index (χ0) is 19.5. The van der Waals surface area contributed by atoms with E-state index in [0.29, 0.717) is 13.0 Å². The van der Waals surface area contributed by atoms with Gasteiger partial charge in [-0.3, -0.25) is 14.5 Å². The molecule has 0 spiro atoms. The summed E-state index contributed by atoms with van der Waals surface area (Å²) >= 11 is 0. The van der Waals surface area contributed by atoms with Crippen LogP contribution in [0.25, 0.3) is 10.9 Å². The molecule has 1 fully saturated rings. The molecule has 1 atom stereocenters. The number of para-hydroxylation sites is 1. The topological polar surface area (TPSA) is 94.3 Å². The second-order valence-corrected chi connectivity index (χ2v) is 6.75. The number of imide groups is 1. The van der Waals surface area contributed by atoms with E-state index in [1.54, 1.807) is 0 Å². The number of carbonyl (C=O) groups is 3. The summed E-state index contributed by atoms with van der Waals surface area (Å²) in [5.41, 5.74) is 2.88. The fourth-order valence-electron chi connectivity index (χ4n) is 3.38. The number of aromatic amines is 1.